The molecule has 168 valence electrons. The molecule has 0 aliphatic rings. The molecule has 3 aromatic rings. The summed E-state index contributed by atoms with van der Waals surface area (Å²) in [6.45, 7) is 0.614. The lowest BCUT2D eigenvalue weighted by Gasteiger charge is -2.13. The lowest BCUT2D eigenvalue weighted by atomic mass is 10.2. The van der Waals surface area contributed by atoms with Gasteiger partial charge in [-0.3, -0.25) is 9.59 Å². The molecule has 0 aliphatic heterocycles. The maximum atomic E-state index is 12.4. The fourth-order valence-electron chi connectivity index (χ4n) is 2.99. The van der Waals surface area contributed by atoms with Gasteiger partial charge in [0, 0.05) is 30.9 Å². The number of anilines is 1. The zero-order valence-corrected chi connectivity index (χ0v) is 18.6. The maximum Gasteiger partial charge on any atom is 0.287 e. The first kappa shape index (κ1) is 22.9. The number of carbonyl (C=O) groups is 1. The van der Waals surface area contributed by atoms with E-state index in [4.69, 9.17) is 30.8 Å². The molecule has 3 N–H and O–H groups in total. The second-order valence-corrected chi connectivity index (χ2v) is 6.92. The quantitative estimate of drug-likeness (QED) is 0.347. The number of amides is 1. The zero-order valence-electron chi connectivity index (χ0n) is 17.8. The summed E-state index contributed by atoms with van der Waals surface area (Å²) in [5, 5.41) is 9.36. The first-order valence-electron chi connectivity index (χ1n) is 9.62. The van der Waals surface area contributed by atoms with Crippen molar-refractivity contribution in [3.05, 3.63) is 58.4 Å². The molecule has 0 radical (unpaired) electrons. The molecule has 0 spiro atoms. The van der Waals surface area contributed by atoms with E-state index in [1.807, 2.05) is 0 Å². The smallest absolute Gasteiger partial charge is 0.287 e. The van der Waals surface area contributed by atoms with Gasteiger partial charge in [0.2, 0.25) is 0 Å². The van der Waals surface area contributed by atoms with Gasteiger partial charge in [-0.2, -0.15) is 0 Å². The molecular weight excluding hydrogens is 434 g/mol. The lowest BCUT2D eigenvalue weighted by Crippen LogP contribution is -2.36. The van der Waals surface area contributed by atoms with Crippen LogP contribution in [-0.4, -0.2) is 45.4 Å². The van der Waals surface area contributed by atoms with Gasteiger partial charge in [0.15, 0.2) is 27.8 Å². The number of nitrogens with one attached hydrogen (secondary N) is 3. The second-order valence-electron chi connectivity index (χ2n) is 6.51. The van der Waals surface area contributed by atoms with E-state index in [0.29, 0.717) is 34.3 Å². The average molecular weight is 458 g/mol. The van der Waals surface area contributed by atoms with E-state index in [9.17, 15) is 9.59 Å². The molecule has 1 amide bonds. The fourth-order valence-corrected chi connectivity index (χ4v) is 3.21. The Hall–Kier alpha value is -3.79. The molecule has 1 heterocycles. The summed E-state index contributed by atoms with van der Waals surface area (Å²) >= 11 is 5.26. The Kier molecular flexibility index (Phi) is 7.50. The Balaban J connectivity index is 1.53. The Morgan fingerprint density at radius 3 is 2.38 bits per heavy atom. The topological polar surface area (TPSA) is 111 Å². The highest BCUT2D eigenvalue weighted by atomic mass is 32.1. The van der Waals surface area contributed by atoms with Gasteiger partial charge in [-0.1, -0.05) is 6.07 Å². The van der Waals surface area contributed by atoms with Crippen LogP contribution in [0.2, 0.25) is 0 Å². The highest BCUT2D eigenvalue weighted by Crippen LogP contribution is 2.29. The number of benzene rings is 2. The number of rotatable bonds is 8. The molecule has 0 saturated heterocycles. The molecule has 0 fully saturated rings. The van der Waals surface area contributed by atoms with Gasteiger partial charge in [-0.05, 0) is 36.5 Å². The molecule has 10 heteroatoms. The van der Waals surface area contributed by atoms with Crippen molar-refractivity contribution in [1.29, 1.82) is 0 Å². The number of fused-ring (bicyclic) bond motifs is 1. The molecule has 0 aliphatic carbocycles. The first-order chi connectivity index (χ1) is 15.5. The molecule has 0 unspecified atom stereocenters. The van der Waals surface area contributed by atoms with Gasteiger partial charge >= 0.3 is 0 Å². The lowest BCUT2D eigenvalue weighted by molar-refractivity contribution is 0.0927. The van der Waals surface area contributed by atoms with Gasteiger partial charge in [-0.25, -0.2) is 0 Å². The zero-order chi connectivity index (χ0) is 23.1. The van der Waals surface area contributed by atoms with Crippen LogP contribution in [0.3, 0.4) is 0 Å². The van der Waals surface area contributed by atoms with Crippen molar-refractivity contribution < 1.29 is 23.4 Å². The van der Waals surface area contributed by atoms with Gasteiger partial charge in [-0.15, -0.1) is 0 Å². The van der Waals surface area contributed by atoms with Gasteiger partial charge in [0.25, 0.3) is 5.91 Å². The number of methoxy groups -OCH3 is 3. The van der Waals surface area contributed by atoms with Crippen LogP contribution < -0.4 is 35.6 Å². The van der Waals surface area contributed by atoms with E-state index in [0.717, 1.165) is 11.8 Å². The van der Waals surface area contributed by atoms with Crippen molar-refractivity contribution >= 4 is 39.9 Å². The molecule has 0 atom stereocenters. The van der Waals surface area contributed by atoms with Gasteiger partial charge < -0.3 is 34.6 Å². The fraction of sp³-hybridized carbons (Fsp3) is 0.227. The number of carbonyl (C=O) groups excluding carboxylic acids is 1. The second kappa shape index (κ2) is 10.5. The van der Waals surface area contributed by atoms with Crippen LogP contribution in [0.25, 0.3) is 11.0 Å². The van der Waals surface area contributed by atoms with Crippen LogP contribution >= 0.6 is 12.2 Å². The highest BCUT2D eigenvalue weighted by Gasteiger charge is 2.14. The minimum atomic E-state index is -0.507. The number of thiocarbonyl (C=S) groups is 1. The van der Waals surface area contributed by atoms with E-state index in [-0.39, 0.29) is 23.3 Å². The average Bonchev–Trinajstić information content (AvgIpc) is 2.80. The summed E-state index contributed by atoms with van der Waals surface area (Å²) in [6, 6.07) is 11.4. The predicted molar refractivity (Wildman–Crippen MR) is 125 cm³/mol. The number of hydrogen-bond acceptors (Lipinski definition) is 7. The van der Waals surface area contributed by atoms with E-state index < -0.39 is 5.91 Å². The third kappa shape index (κ3) is 5.27. The minimum Gasteiger partial charge on any atom is -0.496 e. The number of ether oxygens (including phenoxy) is 3. The van der Waals surface area contributed by atoms with E-state index in [2.05, 4.69) is 16.0 Å². The molecule has 1 aromatic heterocycles. The Morgan fingerprint density at radius 1 is 0.938 bits per heavy atom. The summed E-state index contributed by atoms with van der Waals surface area (Å²) < 4.78 is 21.2. The molecule has 0 bridgehead atoms. The van der Waals surface area contributed by atoms with Crippen LogP contribution in [0, 0.1) is 0 Å². The summed E-state index contributed by atoms with van der Waals surface area (Å²) in [5.74, 6) is 0.984. The molecule has 3 rings (SSSR count). The summed E-state index contributed by atoms with van der Waals surface area (Å²) in [5.41, 5.74) is 0.644. The van der Waals surface area contributed by atoms with Crippen LogP contribution in [0.5, 0.6) is 17.2 Å². The maximum absolute atomic E-state index is 12.4. The largest absolute Gasteiger partial charge is 0.496 e. The van der Waals surface area contributed by atoms with Gasteiger partial charge in [0.05, 0.1) is 21.3 Å². The van der Waals surface area contributed by atoms with Crippen molar-refractivity contribution in [3.63, 3.8) is 0 Å². The summed E-state index contributed by atoms with van der Waals surface area (Å²) in [7, 11) is 4.58. The van der Waals surface area contributed by atoms with Crippen molar-refractivity contribution in [2.24, 2.45) is 0 Å². The third-order valence-corrected chi connectivity index (χ3v) is 4.74. The van der Waals surface area contributed by atoms with Crippen LogP contribution in [0.4, 0.5) is 5.69 Å². The summed E-state index contributed by atoms with van der Waals surface area (Å²) in [4.78, 5) is 24.8. The van der Waals surface area contributed by atoms with Crippen LogP contribution in [-0.2, 0) is 0 Å². The molecule has 9 nitrogen and oxygen atoms in total. The Bertz CT molecular complexity index is 1190. The minimum absolute atomic E-state index is 0.0817. The van der Waals surface area contributed by atoms with Crippen molar-refractivity contribution in [2.45, 2.75) is 0 Å². The Morgan fingerprint density at radius 2 is 1.66 bits per heavy atom. The first-order valence-corrected chi connectivity index (χ1v) is 10.0. The van der Waals surface area contributed by atoms with Crippen molar-refractivity contribution in [3.8, 4) is 17.2 Å². The van der Waals surface area contributed by atoms with E-state index in [1.54, 1.807) is 50.6 Å². The predicted octanol–water partition coefficient (Wildman–Crippen LogP) is 2.54. The monoisotopic (exact) mass is 457 g/mol. The SMILES string of the molecule is COc1ccc(NC(=S)NCCNC(=O)c2cc(=O)c3c(OC)cccc3o2)cc1OC. The summed E-state index contributed by atoms with van der Waals surface area (Å²) in [6.07, 6.45) is 0. The van der Waals surface area contributed by atoms with E-state index in [1.165, 1.54) is 7.11 Å². The molecular formula is C22H23N3O6S. The number of hydrogen-bond donors (Lipinski definition) is 3. The van der Waals surface area contributed by atoms with Crippen LogP contribution in [0.15, 0.2) is 51.7 Å². The molecule has 0 saturated carbocycles. The Labute approximate surface area is 189 Å². The highest BCUT2D eigenvalue weighted by molar-refractivity contribution is 7.80. The molecule has 32 heavy (non-hydrogen) atoms. The van der Waals surface area contributed by atoms with Crippen molar-refractivity contribution in [2.75, 3.05) is 39.7 Å². The third-order valence-electron chi connectivity index (χ3n) is 4.50. The van der Waals surface area contributed by atoms with Crippen LogP contribution in [0.1, 0.15) is 10.6 Å². The normalized spacial score (nSPS) is 10.3. The van der Waals surface area contributed by atoms with Crippen molar-refractivity contribution in [1.82, 2.24) is 10.6 Å². The van der Waals surface area contributed by atoms with Gasteiger partial charge in [0.1, 0.15) is 16.7 Å². The standard InChI is InChI=1S/C22H23N3O6S/c1-28-15-8-7-13(11-18(15)30-3)25-22(32)24-10-9-23-21(27)19-12-14(26)20-16(29-2)5-4-6-17(20)31-19/h4-8,11-12H,9-10H2,1-3H3,(H,23,27)(H2,24,25,32). The van der Waals surface area contributed by atoms with E-state index >= 15 is 0 Å². The molecule has 2 aromatic carbocycles.